The maximum Gasteiger partial charge on any atom is 0.273 e. The van der Waals surface area contributed by atoms with Crippen molar-refractivity contribution in [2.75, 3.05) is 5.32 Å². The first-order chi connectivity index (χ1) is 8.74. The van der Waals surface area contributed by atoms with Crippen molar-refractivity contribution >= 4 is 23.3 Å². The van der Waals surface area contributed by atoms with Crippen molar-refractivity contribution in [1.29, 1.82) is 0 Å². The highest BCUT2D eigenvalue weighted by atomic mass is 35.5. The average Bonchev–Trinajstić information content (AvgIpc) is 3.06. The average molecular weight is 263 g/mol. The van der Waals surface area contributed by atoms with Gasteiger partial charge in [-0.25, -0.2) is 9.97 Å². The molecule has 1 amide bonds. The minimum Gasteiger partial charge on any atom is -0.340 e. The van der Waals surface area contributed by atoms with Gasteiger partial charge in [0.25, 0.3) is 5.91 Å². The van der Waals surface area contributed by atoms with Crippen LogP contribution in [0.1, 0.15) is 29.4 Å². The number of carbonyl (C=O) groups is 1. The minimum atomic E-state index is -0.179. The third-order valence-corrected chi connectivity index (χ3v) is 3.00. The summed E-state index contributed by atoms with van der Waals surface area (Å²) in [5.41, 5.74) is 0.646. The topological polar surface area (TPSA) is 59.8 Å². The molecule has 1 saturated carbocycles. The zero-order valence-corrected chi connectivity index (χ0v) is 10.3. The third kappa shape index (κ3) is 2.22. The second-order valence-electron chi connectivity index (χ2n) is 4.20. The van der Waals surface area contributed by atoms with Gasteiger partial charge in [0, 0.05) is 18.4 Å². The molecule has 1 aliphatic rings. The lowest BCUT2D eigenvalue weighted by Gasteiger charge is -2.08. The zero-order valence-electron chi connectivity index (χ0n) is 9.51. The normalized spacial score (nSPS) is 14.5. The molecule has 1 aliphatic carbocycles. The summed E-state index contributed by atoms with van der Waals surface area (Å²) in [4.78, 5) is 19.8. The van der Waals surface area contributed by atoms with Crippen LogP contribution in [0.4, 0.5) is 5.82 Å². The van der Waals surface area contributed by atoms with E-state index in [1.807, 2.05) is 16.8 Å². The number of carbonyl (C=O) groups excluding carboxylic acids is 1. The number of rotatable bonds is 3. The van der Waals surface area contributed by atoms with Crippen LogP contribution in [-0.2, 0) is 0 Å². The first-order valence-corrected chi connectivity index (χ1v) is 6.08. The smallest absolute Gasteiger partial charge is 0.273 e. The monoisotopic (exact) mass is 262 g/mol. The number of amides is 1. The fourth-order valence-electron chi connectivity index (χ4n) is 1.84. The molecule has 0 radical (unpaired) electrons. The Labute approximate surface area is 109 Å². The number of halogens is 1. The molecule has 1 fully saturated rings. The molecule has 0 spiro atoms. The quantitative estimate of drug-likeness (QED) is 0.865. The molecule has 2 aromatic rings. The predicted molar refractivity (Wildman–Crippen MR) is 67.7 cm³/mol. The number of hydrogen-bond acceptors (Lipinski definition) is 3. The SMILES string of the molecule is O=C(Nc1ccnc(Cl)n1)c1cccn1C1CC1. The first-order valence-electron chi connectivity index (χ1n) is 5.71. The van der Waals surface area contributed by atoms with Gasteiger partial charge in [0.15, 0.2) is 0 Å². The molecule has 0 unspecified atom stereocenters. The number of nitrogens with one attached hydrogen (secondary N) is 1. The summed E-state index contributed by atoms with van der Waals surface area (Å²) >= 11 is 5.67. The molecule has 0 aliphatic heterocycles. The Bertz CT molecular complexity index is 591. The van der Waals surface area contributed by atoms with E-state index < -0.39 is 0 Å². The van der Waals surface area contributed by atoms with Crippen molar-refractivity contribution in [3.63, 3.8) is 0 Å². The van der Waals surface area contributed by atoms with Crippen molar-refractivity contribution in [2.24, 2.45) is 0 Å². The first kappa shape index (κ1) is 11.2. The van der Waals surface area contributed by atoms with E-state index in [0.717, 1.165) is 12.8 Å². The van der Waals surface area contributed by atoms with Crippen LogP contribution < -0.4 is 5.32 Å². The van der Waals surface area contributed by atoms with Gasteiger partial charge in [0.1, 0.15) is 11.5 Å². The number of nitrogens with zero attached hydrogens (tertiary/aromatic N) is 3. The molecule has 2 heterocycles. The van der Waals surface area contributed by atoms with Crippen LogP contribution in [0.3, 0.4) is 0 Å². The molecule has 0 bridgehead atoms. The fourth-order valence-corrected chi connectivity index (χ4v) is 1.99. The summed E-state index contributed by atoms with van der Waals surface area (Å²) in [7, 11) is 0. The number of hydrogen-bond donors (Lipinski definition) is 1. The van der Waals surface area contributed by atoms with Gasteiger partial charge in [-0.05, 0) is 42.6 Å². The molecule has 0 saturated heterocycles. The minimum absolute atomic E-state index is 0.116. The Morgan fingerprint density at radius 1 is 1.44 bits per heavy atom. The van der Waals surface area contributed by atoms with E-state index in [4.69, 9.17) is 11.6 Å². The van der Waals surface area contributed by atoms with Gasteiger partial charge in [0.05, 0.1) is 0 Å². The highest BCUT2D eigenvalue weighted by molar-refractivity contribution is 6.28. The lowest BCUT2D eigenvalue weighted by atomic mass is 10.4. The van der Waals surface area contributed by atoms with E-state index in [1.54, 1.807) is 12.1 Å². The van der Waals surface area contributed by atoms with Crippen LogP contribution in [0, 0.1) is 0 Å². The molecule has 92 valence electrons. The lowest BCUT2D eigenvalue weighted by molar-refractivity contribution is 0.101. The molecule has 6 heteroatoms. The highest BCUT2D eigenvalue weighted by Crippen LogP contribution is 2.36. The van der Waals surface area contributed by atoms with Crippen LogP contribution in [0.25, 0.3) is 0 Å². The van der Waals surface area contributed by atoms with Crippen LogP contribution in [0.2, 0.25) is 5.28 Å². The van der Waals surface area contributed by atoms with Crippen molar-refractivity contribution in [1.82, 2.24) is 14.5 Å². The molecule has 2 aromatic heterocycles. The van der Waals surface area contributed by atoms with Gasteiger partial charge < -0.3 is 9.88 Å². The standard InChI is InChI=1S/C12H11ClN4O/c13-12-14-6-5-10(16-12)15-11(18)9-2-1-7-17(9)8-3-4-8/h1-2,5-8H,3-4H2,(H,14,15,16,18). The maximum absolute atomic E-state index is 12.1. The molecule has 3 rings (SSSR count). The maximum atomic E-state index is 12.1. The Morgan fingerprint density at radius 3 is 3.00 bits per heavy atom. The summed E-state index contributed by atoms with van der Waals surface area (Å²) in [5.74, 6) is 0.227. The molecule has 0 atom stereocenters. The summed E-state index contributed by atoms with van der Waals surface area (Å²) in [6, 6.07) is 5.75. The molecule has 1 N–H and O–H groups in total. The highest BCUT2D eigenvalue weighted by Gasteiger charge is 2.26. The molecule has 0 aromatic carbocycles. The second kappa shape index (κ2) is 4.42. The largest absolute Gasteiger partial charge is 0.340 e. The van der Waals surface area contributed by atoms with Crippen molar-refractivity contribution in [2.45, 2.75) is 18.9 Å². The zero-order chi connectivity index (χ0) is 12.5. The van der Waals surface area contributed by atoms with Crippen molar-refractivity contribution in [3.8, 4) is 0 Å². The number of aromatic nitrogens is 3. The molecule has 18 heavy (non-hydrogen) atoms. The van der Waals surface area contributed by atoms with Crippen LogP contribution in [-0.4, -0.2) is 20.4 Å². The lowest BCUT2D eigenvalue weighted by Crippen LogP contribution is -2.17. The van der Waals surface area contributed by atoms with Gasteiger partial charge >= 0.3 is 0 Å². The summed E-state index contributed by atoms with van der Waals surface area (Å²) in [5, 5.41) is 2.83. The van der Waals surface area contributed by atoms with Crippen molar-refractivity contribution < 1.29 is 4.79 Å². The third-order valence-electron chi connectivity index (χ3n) is 2.82. The Morgan fingerprint density at radius 2 is 2.28 bits per heavy atom. The van der Waals surface area contributed by atoms with E-state index in [2.05, 4.69) is 15.3 Å². The number of anilines is 1. The Kier molecular flexibility index (Phi) is 2.76. The Hall–Kier alpha value is -1.88. The summed E-state index contributed by atoms with van der Waals surface area (Å²) < 4.78 is 2.00. The summed E-state index contributed by atoms with van der Waals surface area (Å²) in [6.07, 6.45) is 5.70. The van der Waals surface area contributed by atoms with Crippen molar-refractivity contribution in [3.05, 3.63) is 41.6 Å². The van der Waals surface area contributed by atoms with Gasteiger partial charge in [-0.15, -0.1) is 0 Å². The molecule has 5 nitrogen and oxygen atoms in total. The van der Waals surface area contributed by atoms with Crippen LogP contribution >= 0.6 is 11.6 Å². The van der Waals surface area contributed by atoms with E-state index in [0.29, 0.717) is 17.6 Å². The molecular weight excluding hydrogens is 252 g/mol. The predicted octanol–water partition coefficient (Wildman–Crippen LogP) is 2.52. The van der Waals surface area contributed by atoms with Crippen LogP contribution in [0.15, 0.2) is 30.6 Å². The second-order valence-corrected chi connectivity index (χ2v) is 4.53. The summed E-state index contributed by atoms with van der Waals surface area (Å²) in [6.45, 7) is 0. The van der Waals surface area contributed by atoms with Gasteiger partial charge in [-0.1, -0.05) is 0 Å². The fraction of sp³-hybridized carbons (Fsp3) is 0.250. The van der Waals surface area contributed by atoms with E-state index in [-0.39, 0.29) is 11.2 Å². The molecular formula is C12H11ClN4O. The van der Waals surface area contributed by atoms with Crippen LogP contribution in [0.5, 0.6) is 0 Å². The van der Waals surface area contributed by atoms with E-state index in [1.165, 1.54) is 6.20 Å². The van der Waals surface area contributed by atoms with E-state index in [9.17, 15) is 4.79 Å². The van der Waals surface area contributed by atoms with Gasteiger partial charge in [-0.3, -0.25) is 4.79 Å². The van der Waals surface area contributed by atoms with Gasteiger partial charge in [0.2, 0.25) is 5.28 Å². The Balaban J connectivity index is 1.80. The van der Waals surface area contributed by atoms with Gasteiger partial charge in [-0.2, -0.15) is 0 Å². The van der Waals surface area contributed by atoms with E-state index >= 15 is 0 Å².